The quantitative estimate of drug-likeness (QED) is 0.482. The van der Waals surface area contributed by atoms with Gasteiger partial charge in [-0.15, -0.1) is 11.3 Å². The van der Waals surface area contributed by atoms with Gasteiger partial charge in [-0.2, -0.15) is 0 Å². The molecule has 190 valence electrons. The van der Waals surface area contributed by atoms with Gasteiger partial charge in [-0.1, -0.05) is 18.2 Å². The first-order valence-electron chi connectivity index (χ1n) is 11.0. The lowest BCUT2D eigenvalue weighted by Gasteiger charge is -2.34. The number of anilines is 1. The highest BCUT2D eigenvalue weighted by Crippen LogP contribution is 2.35. The van der Waals surface area contributed by atoms with E-state index in [0.29, 0.717) is 34.4 Å². The molecule has 0 aliphatic carbocycles. The number of methoxy groups -OCH3 is 2. The highest BCUT2D eigenvalue weighted by molar-refractivity contribution is 7.89. The number of aliphatic imine (C=N–C) groups is 1. The second-order valence-electron chi connectivity index (χ2n) is 8.32. The molecular weight excluding hydrogens is 502 g/mol. The van der Waals surface area contributed by atoms with Crippen LogP contribution < -0.4 is 20.1 Å². The molecule has 1 aromatic heterocycles. The Balaban J connectivity index is 1.56. The number of benzene rings is 2. The van der Waals surface area contributed by atoms with Crippen LogP contribution in [0.2, 0.25) is 0 Å². The average molecular weight is 530 g/mol. The van der Waals surface area contributed by atoms with Crippen LogP contribution in [0, 0.1) is 0 Å². The number of carbonyl (C=O) groups excluding carboxylic acids is 1. The minimum atomic E-state index is -3.75. The number of hydrogen-bond acceptors (Lipinski definition) is 9. The summed E-state index contributed by atoms with van der Waals surface area (Å²) in [4.78, 5) is 21.9. The van der Waals surface area contributed by atoms with Crippen LogP contribution in [0.25, 0.3) is 0 Å². The standard InChI is InChI=1S/C24H27N5O5S2/c1-24(15-36(31,32)29(2)23(28-24)27-21(30)16-8-6-5-7-9-16)22-26-20(14-35-22)25-13-17-10-11-18(33-3)12-19(17)34-4/h5-12,14,25H,13,15H2,1-4H3,(H,27,28,30)/t24-/m0/s1. The van der Waals surface area contributed by atoms with Gasteiger partial charge in [0.1, 0.15) is 33.6 Å². The molecular formula is C24H27N5O5S2. The molecule has 3 aromatic rings. The van der Waals surface area contributed by atoms with Gasteiger partial charge in [0.25, 0.3) is 5.91 Å². The summed E-state index contributed by atoms with van der Waals surface area (Å²) in [6.07, 6.45) is 0. The van der Waals surface area contributed by atoms with Crippen LogP contribution in [-0.4, -0.2) is 56.6 Å². The van der Waals surface area contributed by atoms with Gasteiger partial charge >= 0.3 is 0 Å². The highest BCUT2D eigenvalue weighted by Gasteiger charge is 2.43. The summed E-state index contributed by atoms with van der Waals surface area (Å²) in [5.74, 6) is 1.17. The number of amides is 1. The Bertz CT molecular complexity index is 1390. The van der Waals surface area contributed by atoms with E-state index in [1.165, 1.54) is 18.4 Å². The molecule has 4 rings (SSSR count). The van der Waals surface area contributed by atoms with Gasteiger partial charge in [-0.3, -0.25) is 10.1 Å². The van der Waals surface area contributed by atoms with Crippen molar-refractivity contribution in [2.45, 2.75) is 19.0 Å². The monoisotopic (exact) mass is 529 g/mol. The fraction of sp³-hybridized carbons (Fsp3) is 0.292. The number of guanidine groups is 1. The van der Waals surface area contributed by atoms with Crippen LogP contribution in [0.4, 0.5) is 5.82 Å². The van der Waals surface area contributed by atoms with Crippen molar-refractivity contribution in [1.82, 2.24) is 14.6 Å². The maximum absolute atomic E-state index is 13.0. The SMILES string of the molecule is COc1ccc(CNc2csc([C@]3(C)CS(=O)(=O)N(C)C(NC(=O)c4ccccc4)=N3)n2)c(OC)c1. The first-order valence-corrected chi connectivity index (χ1v) is 13.5. The Kier molecular flexibility index (Phi) is 7.18. The van der Waals surface area contributed by atoms with Crippen molar-refractivity contribution >= 4 is 39.0 Å². The van der Waals surface area contributed by atoms with E-state index in [1.54, 1.807) is 62.9 Å². The van der Waals surface area contributed by atoms with Crippen LogP contribution in [0.1, 0.15) is 27.9 Å². The van der Waals surface area contributed by atoms with E-state index >= 15 is 0 Å². The number of nitrogens with zero attached hydrogens (tertiary/aromatic N) is 3. The topological polar surface area (TPSA) is 122 Å². The zero-order valence-corrected chi connectivity index (χ0v) is 21.9. The van der Waals surface area contributed by atoms with Gasteiger partial charge in [0.2, 0.25) is 16.0 Å². The normalized spacial score (nSPS) is 18.8. The fourth-order valence-electron chi connectivity index (χ4n) is 3.69. The van der Waals surface area contributed by atoms with E-state index in [4.69, 9.17) is 9.47 Å². The second kappa shape index (κ2) is 10.2. The van der Waals surface area contributed by atoms with E-state index in [0.717, 1.165) is 9.87 Å². The number of nitrogens with one attached hydrogen (secondary N) is 2. The number of sulfonamides is 1. The largest absolute Gasteiger partial charge is 0.497 e. The maximum atomic E-state index is 13.0. The van der Waals surface area contributed by atoms with Crippen LogP contribution in [0.5, 0.6) is 11.5 Å². The van der Waals surface area contributed by atoms with Crippen molar-refractivity contribution < 1.29 is 22.7 Å². The van der Waals surface area contributed by atoms with Crippen LogP contribution in [0.3, 0.4) is 0 Å². The highest BCUT2D eigenvalue weighted by atomic mass is 32.2. The smallest absolute Gasteiger partial charge is 0.257 e. The second-order valence-corrected chi connectivity index (χ2v) is 11.2. The van der Waals surface area contributed by atoms with Crippen molar-refractivity contribution in [3.8, 4) is 11.5 Å². The Labute approximate surface area is 214 Å². The van der Waals surface area contributed by atoms with Gasteiger partial charge in [-0.25, -0.2) is 22.7 Å². The van der Waals surface area contributed by atoms with Crippen molar-refractivity contribution in [3.05, 3.63) is 70.0 Å². The molecule has 10 nitrogen and oxygen atoms in total. The molecule has 1 aliphatic rings. The third-order valence-corrected chi connectivity index (χ3v) is 8.74. The Morgan fingerprint density at radius 2 is 1.92 bits per heavy atom. The molecule has 0 fully saturated rings. The summed E-state index contributed by atoms with van der Waals surface area (Å²) in [5.41, 5.74) is 0.130. The molecule has 0 saturated carbocycles. The molecule has 0 unspecified atom stereocenters. The molecule has 1 aliphatic heterocycles. The molecule has 2 aromatic carbocycles. The Morgan fingerprint density at radius 3 is 2.61 bits per heavy atom. The van der Waals surface area contributed by atoms with Gasteiger partial charge in [-0.05, 0) is 31.2 Å². The van der Waals surface area contributed by atoms with Crippen LogP contribution in [0.15, 0.2) is 58.9 Å². The molecule has 36 heavy (non-hydrogen) atoms. The molecule has 0 spiro atoms. The maximum Gasteiger partial charge on any atom is 0.257 e. The Morgan fingerprint density at radius 1 is 1.17 bits per heavy atom. The number of aromatic nitrogens is 1. The minimum Gasteiger partial charge on any atom is -0.497 e. The summed E-state index contributed by atoms with van der Waals surface area (Å²) < 4.78 is 37.6. The third kappa shape index (κ3) is 5.29. The molecule has 12 heteroatoms. The lowest BCUT2D eigenvalue weighted by atomic mass is 10.1. The van der Waals surface area contributed by atoms with Gasteiger partial charge in [0.05, 0.1) is 14.2 Å². The minimum absolute atomic E-state index is 0.0507. The van der Waals surface area contributed by atoms with Gasteiger partial charge in [0, 0.05) is 36.2 Å². The van der Waals surface area contributed by atoms with Crippen LogP contribution >= 0.6 is 11.3 Å². The molecule has 0 bridgehead atoms. The molecule has 0 saturated heterocycles. The van der Waals surface area contributed by atoms with Crippen molar-refractivity contribution in [2.75, 3.05) is 32.3 Å². The fourth-order valence-corrected chi connectivity index (χ4v) is 6.11. The molecule has 2 heterocycles. The lowest BCUT2D eigenvalue weighted by Crippen LogP contribution is -2.53. The first-order chi connectivity index (χ1) is 17.1. The predicted octanol–water partition coefficient (Wildman–Crippen LogP) is 3.05. The predicted molar refractivity (Wildman–Crippen MR) is 139 cm³/mol. The van der Waals surface area contributed by atoms with Gasteiger partial charge in [0.15, 0.2) is 0 Å². The molecule has 2 N–H and O–H groups in total. The number of rotatable bonds is 7. The number of carbonyl (C=O) groups is 1. The van der Waals surface area contributed by atoms with Crippen LogP contribution in [-0.2, 0) is 22.1 Å². The molecule has 0 radical (unpaired) electrons. The van der Waals surface area contributed by atoms with Gasteiger partial charge < -0.3 is 14.8 Å². The summed E-state index contributed by atoms with van der Waals surface area (Å²) in [7, 11) is 0.803. The number of ether oxygens (including phenoxy) is 2. The van der Waals surface area contributed by atoms with Crippen molar-refractivity contribution in [1.29, 1.82) is 0 Å². The summed E-state index contributed by atoms with van der Waals surface area (Å²) in [6, 6.07) is 14.1. The summed E-state index contributed by atoms with van der Waals surface area (Å²) in [6.45, 7) is 2.14. The summed E-state index contributed by atoms with van der Waals surface area (Å²) >= 11 is 1.30. The van der Waals surface area contributed by atoms with E-state index in [9.17, 15) is 13.2 Å². The van der Waals surface area contributed by atoms with E-state index in [1.807, 2.05) is 12.1 Å². The lowest BCUT2D eigenvalue weighted by molar-refractivity contribution is 0.0974. The van der Waals surface area contributed by atoms with E-state index in [-0.39, 0.29) is 11.7 Å². The molecule has 1 atom stereocenters. The Hall–Kier alpha value is -3.64. The summed E-state index contributed by atoms with van der Waals surface area (Å²) in [5, 5.41) is 8.19. The zero-order chi connectivity index (χ0) is 25.9. The number of thiazole rings is 1. The first kappa shape index (κ1) is 25.5. The average Bonchev–Trinajstić information content (AvgIpc) is 3.36. The van der Waals surface area contributed by atoms with E-state index < -0.39 is 21.5 Å². The van der Waals surface area contributed by atoms with E-state index in [2.05, 4.69) is 20.6 Å². The van der Waals surface area contributed by atoms with Crippen molar-refractivity contribution in [2.24, 2.45) is 4.99 Å². The molecule has 1 amide bonds. The zero-order valence-electron chi connectivity index (χ0n) is 20.3. The number of hydrogen-bond donors (Lipinski definition) is 2. The van der Waals surface area contributed by atoms with Crippen molar-refractivity contribution in [3.63, 3.8) is 0 Å². The third-order valence-electron chi connectivity index (χ3n) is 5.71.